The molecule has 0 unspecified atom stereocenters. The summed E-state index contributed by atoms with van der Waals surface area (Å²) in [5, 5.41) is 4.23. The Kier molecular flexibility index (Phi) is 7.16. The molecule has 1 N–H and O–H groups in total. The molecule has 31 heavy (non-hydrogen) atoms. The van der Waals surface area contributed by atoms with E-state index in [4.69, 9.17) is 16.3 Å². The second-order valence-electron chi connectivity index (χ2n) is 8.81. The van der Waals surface area contributed by atoms with Crippen LogP contribution in [0.2, 0.25) is 5.02 Å². The highest BCUT2D eigenvalue weighted by Crippen LogP contribution is 2.29. The number of hydrogen-bond donors (Lipinski definition) is 1. The average molecular weight is 442 g/mol. The zero-order valence-electron chi connectivity index (χ0n) is 18.4. The average Bonchev–Trinajstić information content (AvgIpc) is 3.60. The maximum Gasteiger partial charge on any atom is 0.253 e. The second-order valence-corrected chi connectivity index (χ2v) is 9.25. The molecule has 166 valence electrons. The normalized spacial score (nSPS) is 17.6. The maximum atomic E-state index is 13.3. The monoisotopic (exact) mass is 441 g/mol. The molecule has 1 saturated heterocycles. The summed E-state index contributed by atoms with van der Waals surface area (Å²) < 4.78 is 6.13. The predicted molar refractivity (Wildman–Crippen MR) is 125 cm³/mol. The van der Waals surface area contributed by atoms with E-state index in [0.29, 0.717) is 23.7 Å². The van der Waals surface area contributed by atoms with E-state index in [1.807, 2.05) is 47.4 Å². The van der Waals surface area contributed by atoms with Crippen molar-refractivity contribution < 1.29 is 9.53 Å². The van der Waals surface area contributed by atoms with Crippen LogP contribution in [0.15, 0.2) is 42.5 Å². The predicted octanol–water partition coefficient (Wildman–Crippen LogP) is 4.94. The molecule has 0 bridgehead atoms. The summed E-state index contributed by atoms with van der Waals surface area (Å²) in [7, 11) is 0. The molecule has 6 heteroatoms. The molecular formula is C25H32ClN3O2. The number of carbonyl (C=O) groups excluding carboxylic acids is 1. The Morgan fingerprint density at radius 3 is 2.58 bits per heavy atom. The number of benzene rings is 2. The van der Waals surface area contributed by atoms with Crippen molar-refractivity contribution in [3.63, 3.8) is 0 Å². The van der Waals surface area contributed by atoms with Gasteiger partial charge in [0.1, 0.15) is 11.5 Å². The van der Waals surface area contributed by atoms with Gasteiger partial charge in [-0.05, 0) is 75.6 Å². The van der Waals surface area contributed by atoms with Crippen LogP contribution in [0.3, 0.4) is 0 Å². The number of halogens is 1. The SMILES string of the molecule is CC(C)N1CCCN(C(=O)c2ccc(Oc3ccc(Cl)cc3)c(CNC3CC3)c2)CC1. The fraction of sp³-hybridized carbons (Fsp3) is 0.480. The van der Waals surface area contributed by atoms with Crippen LogP contribution in [0.1, 0.15) is 49.0 Å². The third-order valence-corrected chi connectivity index (χ3v) is 6.31. The highest BCUT2D eigenvalue weighted by Gasteiger charge is 2.24. The quantitative estimate of drug-likeness (QED) is 0.660. The number of rotatable bonds is 7. The van der Waals surface area contributed by atoms with Gasteiger partial charge < -0.3 is 15.0 Å². The Bertz CT molecular complexity index is 896. The minimum Gasteiger partial charge on any atom is -0.457 e. The van der Waals surface area contributed by atoms with Crippen LogP contribution in [0.5, 0.6) is 11.5 Å². The number of ether oxygens (including phenoxy) is 1. The molecule has 0 atom stereocenters. The van der Waals surface area contributed by atoms with Crippen molar-refractivity contribution in [1.82, 2.24) is 15.1 Å². The summed E-state index contributed by atoms with van der Waals surface area (Å²) in [5.41, 5.74) is 1.74. The number of nitrogens with zero attached hydrogens (tertiary/aromatic N) is 2. The largest absolute Gasteiger partial charge is 0.457 e. The van der Waals surface area contributed by atoms with Gasteiger partial charge in [0, 0.05) is 61.0 Å². The van der Waals surface area contributed by atoms with Crippen molar-refractivity contribution in [2.24, 2.45) is 0 Å². The van der Waals surface area contributed by atoms with Crippen LogP contribution >= 0.6 is 11.6 Å². The van der Waals surface area contributed by atoms with E-state index >= 15 is 0 Å². The lowest BCUT2D eigenvalue weighted by atomic mass is 10.1. The van der Waals surface area contributed by atoms with Gasteiger partial charge in [-0.2, -0.15) is 0 Å². The van der Waals surface area contributed by atoms with Crippen LogP contribution in [0, 0.1) is 0 Å². The molecule has 0 radical (unpaired) electrons. The van der Waals surface area contributed by atoms with Gasteiger partial charge in [-0.1, -0.05) is 11.6 Å². The molecule has 2 fully saturated rings. The molecule has 1 aliphatic carbocycles. The lowest BCUT2D eigenvalue weighted by Crippen LogP contribution is -2.37. The molecule has 2 aromatic carbocycles. The Morgan fingerprint density at radius 1 is 1.10 bits per heavy atom. The second kappa shape index (κ2) is 10.0. The molecule has 1 amide bonds. The summed E-state index contributed by atoms with van der Waals surface area (Å²) in [6.45, 7) is 8.68. The summed E-state index contributed by atoms with van der Waals surface area (Å²) in [5.74, 6) is 1.61. The van der Waals surface area contributed by atoms with Crippen molar-refractivity contribution in [1.29, 1.82) is 0 Å². The Morgan fingerprint density at radius 2 is 1.87 bits per heavy atom. The van der Waals surface area contributed by atoms with Gasteiger partial charge in [0.25, 0.3) is 5.91 Å². The molecule has 1 saturated carbocycles. The summed E-state index contributed by atoms with van der Waals surface area (Å²) in [6.07, 6.45) is 3.44. The van der Waals surface area contributed by atoms with E-state index in [2.05, 4.69) is 24.1 Å². The van der Waals surface area contributed by atoms with E-state index in [-0.39, 0.29) is 5.91 Å². The third-order valence-electron chi connectivity index (χ3n) is 6.06. The van der Waals surface area contributed by atoms with E-state index in [1.165, 1.54) is 12.8 Å². The van der Waals surface area contributed by atoms with Gasteiger partial charge in [-0.25, -0.2) is 0 Å². The minimum absolute atomic E-state index is 0.108. The number of nitrogens with one attached hydrogen (secondary N) is 1. The van der Waals surface area contributed by atoms with Gasteiger partial charge >= 0.3 is 0 Å². The summed E-state index contributed by atoms with van der Waals surface area (Å²) >= 11 is 5.99. The lowest BCUT2D eigenvalue weighted by Gasteiger charge is -2.25. The standard InChI is InChI=1S/C25H32ClN3O2/c1-18(2)28-12-3-13-29(15-14-28)25(30)19-4-11-24(20(16-19)17-27-22-7-8-22)31-23-9-5-21(26)6-10-23/h4-6,9-11,16,18,22,27H,3,7-8,12-15,17H2,1-2H3. The molecule has 0 spiro atoms. The summed E-state index contributed by atoms with van der Waals surface area (Å²) in [4.78, 5) is 17.7. The molecule has 2 aromatic rings. The van der Waals surface area contributed by atoms with Gasteiger partial charge in [0.05, 0.1) is 0 Å². The first-order valence-corrected chi connectivity index (χ1v) is 11.7. The maximum absolute atomic E-state index is 13.3. The number of carbonyl (C=O) groups is 1. The topological polar surface area (TPSA) is 44.8 Å². The van der Waals surface area contributed by atoms with E-state index in [9.17, 15) is 4.79 Å². The van der Waals surface area contributed by atoms with E-state index < -0.39 is 0 Å². The zero-order valence-corrected chi connectivity index (χ0v) is 19.2. The van der Waals surface area contributed by atoms with Crippen LogP contribution in [0.25, 0.3) is 0 Å². The number of hydrogen-bond acceptors (Lipinski definition) is 4. The smallest absolute Gasteiger partial charge is 0.253 e. The van der Waals surface area contributed by atoms with Gasteiger partial charge in [0.2, 0.25) is 0 Å². The van der Waals surface area contributed by atoms with E-state index in [0.717, 1.165) is 55.2 Å². The van der Waals surface area contributed by atoms with Crippen LogP contribution in [-0.2, 0) is 6.54 Å². The van der Waals surface area contributed by atoms with Crippen LogP contribution in [-0.4, -0.2) is 54.0 Å². The fourth-order valence-electron chi connectivity index (χ4n) is 3.96. The highest BCUT2D eigenvalue weighted by molar-refractivity contribution is 6.30. The zero-order chi connectivity index (χ0) is 21.8. The summed E-state index contributed by atoms with van der Waals surface area (Å²) in [6, 6.07) is 14.2. The first-order chi connectivity index (χ1) is 15.0. The van der Waals surface area contributed by atoms with Crippen molar-refractivity contribution in [2.75, 3.05) is 26.2 Å². The van der Waals surface area contributed by atoms with Gasteiger partial charge in [-0.15, -0.1) is 0 Å². The molecule has 1 heterocycles. The third kappa shape index (κ3) is 6.00. The van der Waals surface area contributed by atoms with Crippen molar-refractivity contribution >= 4 is 17.5 Å². The molecule has 4 rings (SSSR count). The Balaban J connectivity index is 1.51. The Hall–Kier alpha value is -2.08. The van der Waals surface area contributed by atoms with E-state index in [1.54, 1.807) is 0 Å². The van der Waals surface area contributed by atoms with Gasteiger partial charge in [0.15, 0.2) is 0 Å². The van der Waals surface area contributed by atoms with Crippen molar-refractivity contribution in [2.45, 2.75) is 51.7 Å². The Labute approximate surface area is 190 Å². The fourth-order valence-corrected chi connectivity index (χ4v) is 4.09. The highest BCUT2D eigenvalue weighted by atomic mass is 35.5. The minimum atomic E-state index is 0.108. The molecule has 5 nitrogen and oxygen atoms in total. The first-order valence-electron chi connectivity index (χ1n) is 11.3. The van der Waals surface area contributed by atoms with Crippen molar-refractivity contribution in [3.8, 4) is 11.5 Å². The molecular weight excluding hydrogens is 410 g/mol. The molecule has 1 aliphatic heterocycles. The van der Waals surface area contributed by atoms with Crippen LogP contribution in [0.4, 0.5) is 0 Å². The van der Waals surface area contributed by atoms with Crippen molar-refractivity contribution in [3.05, 3.63) is 58.6 Å². The molecule has 2 aliphatic rings. The number of amides is 1. The molecule has 0 aromatic heterocycles. The first kappa shape index (κ1) is 22.1. The lowest BCUT2D eigenvalue weighted by molar-refractivity contribution is 0.0759. The van der Waals surface area contributed by atoms with Crippen LogP contribution < -0.4 is 10.1 Å². The van der Waals surface area contributed by atoms with Gasteiger partial charge in [-0.3, -0.25) is 9.69 Å².